The average molecular weight is 384 g/mol. The molecule has 1 aliphatic carbocycles. The fourth-order valence-corrected chi connectivity index (χ4v) is 3.56. The number of nitrogens with zero attached hydrogens (tertiary/aromatic N) is 4. The van der Waals surface area contributed by atoms with Gasteiger partial charge in [-0.15, -0.1) is 0 Å². The van der Waals surface area contributed by atoms with Gasteiger partial charge in [0.2, 0.25) is 0 Å². The summed E-state index contributed by atoms with van der Waals surface area (Å²) in [6.07, 6.45) is 8.47. The van der Waals surface area contributed by atoms with Crippen molar-refractivity contribution in [2.24, 2.45) is 0 Å². The molecule has 28 heavy (non-hydrogen) atoms. The van der Waals surface area contributed by atoms with Crippen LogP contribution in [-0.4, -0.2) is 45.4 Å². The molecule has 1 aliphatic heterocycles. The van der Waals surface area contributed by atoms with Crippen LogP contribution in [0.5, 0.6) is 0 Å². The Hall–Kier alpha value is -3.03. The fourth-order valence-electron chi connectivity index (χ4n) is 3.56. The normalized spacial score (nSPS) is 22.2. The summed E-state index contributed by atoms with van der Waals surface area (Å²) < 4.78 is 23.9. The molecular formula is C20H21FN4O3. The topological polar surface area (TPSA) is 85.3 Å². The third kappa shape index (κ3) is 3.54. The molecule has 0 bridgehead atoms. The molecule has 0 spiro atoms. The highest BCUT2D eigenvalue weighted by atomic mass is 19.1. The molecule has 0 N–H and O–H groups in total. The number of hydrogen-bond acceptors (Lipinski definition) is 6. The lowest BCUT2D eigenvalue weighted by Gasteiger charge is -2.31. The first-order valence-corrected chi connectivity index (χ1v) is 9.30. The summed E-state index contributed by atoms with van der Waals surface area (Å²) in [6, 6.07) is 0. The number of alkyl halides is 1. The molecule has 2 aromatic rings. The van der Waals surface area contributed by atoms with Crippen LogP contribution in [0.4, 0.5) is 4.39 Å². The highest BCUT2D eigenvalue weighted by molar-refractivity contribution is 5.96. The van der Waals surface area contributed by atoms with E-state index in [4.69, 9.17) is 9.05 Å². The monoisotopic (exact) mass is 384 g/mol. The van der Waals surface area contributed by atoms with Gasteiger partial charge < -0.3 is 13.9 Å². The van der Waals surface area contributed by atoms with E-state index in [-0.39, 0.29) is 11.8 Å². The van der Waals surface area contributed by atoms with Crippen molar-refractivity contribution in [3.8, 4) is 0 Å². The molecule has 4 rings (SSSR count). The molecule has 7 nitrogen and oxygen atoms in total. The van der Waals surface area contributed by atoms with Crippen molar-refractivity contribution in [3.05, 3.63) is 59.1 Å². The first-order chi connectivity index (χ1) is 13.5. The molecule has 0 saturated carbocycles. The van der Waals surface area contributed by atoms with Crippen LogP contribution < -0.4 is 0 Å². The second-order valence-corrected chi connectivity index (χ2v) is 7.06. The number of rotatable bonds is 3. The molecule has 0 aromatic carbocycles. The molecule has 1 saturated heterocycles. The summed E-state index contributed by atoms with van der Waals surface area (Å²) in [5, 5.41) is 7.98. The number of hydrogen-bond donors (Lipinski definition) is 0. The number of carbonyl (C=O) groups excluding carboxylic acids is 1. The van der Waals surface area contributed by atoms with Crippen LogP contribution in [-0.2, 0) is 0 Å². The Bertz CT molecular complexity index is 953. The molecule has 2 aromatic heterocycles. The number of piperidine rings is 1. The number of aromatic nitrogens is 3. The third-order valence-electron chi connectivity index (χ3n) is 5.04. The second kappa shape index (κ2) is 7.53. The van der Waals surface area contributed by atoms with E-state index in [1.54, 1.807) is 37.0 Å². The van der Waals surface area contributed by atoms with Gasteiger partial charge in [0.25, 0.3) is 11.8 Å². The van der Waals surface area contributed by atoms with Crippen LogP contribution >= 0.6 is 0 Å². The maximum Gasteiger partial charge on any atom is 0.259 e. The summed E-state index contributed by atoms with van der Waals surface area (Å²) >= 11 is 0. The minimum absolute atomic E-state index is 0.0181. The van der Waals surface area contributed by atoms with Crippen LogP contribution in [0.15, 0.2) is 39.4 Å². The summed E-state index contributed by atoms with van der Waals surface area (Å²) in [4.78, 5) is 19.2. The lowest BCUT2D eigenvalue weighted by Crippen LogP contribution is -2.39. The van der Waals surface area contributed by atoms with E-state index in [1.165, 1.54) is 12.2 Å². The summed E-state index contributed by atoms with van der Waals surface area (Å²) in [6.45, 7) is 4.68. The van der Waals surface area contributed by atoms with Crippen LogP contribution in [0.3, 0.4) is 0 Å². The van der Waals surface area contributed by atoms with Crippen LogP contribution in [0, 0.1) is 13.8 Å². The van der Waals surface area contributed by atoms with Crippen molar-refractivity contribution in [2.75, 3.05) is 13.1 Å². The molecule has 8 heteroatoms. The highest BCUT2D eigenvalue weighted by Crippen LogP contribution is 2.28. The largest absolute Gasteiger partial charge is 0.361 e. The van der Waals surface area contributed by atoms with Gasteiger partial charge in [0, 0.05) is 24.6 Å². The molecule has 0 radical (unpaired) electrons. The van der Waals surface area contributed by atoms with E-state index in [0.717, 1.165) is 12.8 Å². The molecule has 2 aliphatic rings. The zero-order valence-electron chi connectivity index (χ0n) is 15.8. The van der Waals surface area contributed by atoms with Gasteiger partial charge in [0.05, 0.1) is 5.69 Å². The van der Waals surface area contributed by atoms with Crippen molar-refractivity contribution in [2.45, 2.75) is 38.8 Å². The predicted molar refractivity (Wildman–Crippen MR) is 99.3 cm³/mol. The van der Waals surface area contributed by atoms with Gasteiger partial charge in [-0.25, -0.2) is 4.39 Å². The quantitative estimate of drug-likeness (QED) is 0.805. The van der Waals surface area contributed by atoms with Gasteiger partial charge in [-0.1, -0.05) is 22.5 Å². The smallest absolute Gasteiger partial charge is 0.259 e. The number of aryl methyl sites for hydroxylation is 2. The molecule has 1 fully saturated rings. The second-order valence-electron chi connectivity index (χ2n) is 7.06. The molecular weight excluding hydrogens is 363 g/mol. The highest BCUT2D eigenvalue weighted by Gasteiger charge is 2.31. The molecule has 3 heterocycles. The van der Waals surface area contributed by atoms with Crippen LogP contribution in [0.25, 0.3) is 5.57 Å². The first kappa shape index (κ1) is 18.3. The van der Waals surface area contributed by atoms with E-state index < -0.39 is 6.17 Å². The number of likely N-dealkylation sites (tertiary alicyclic amines) is 1. The van der Waals surface area contributed by atoms with Gasteiger partial charge in [-0.2, -0.15) is 4.98 Å². The van der Waals surface area contributed by atoms with E-state index in [2.05, 4.69) is 15.3 Å². The Morgan fingerprint density at radius 2 is 2.11 bits per heavy atom. The lowest BCUT2D eigenvalue weighted by atomic mass is 9.96. The van der Waals surface area contributed by atoms with Crippen molar-refractivity contribution >= 4 is 11.5 Å². The van der Waals surface area contributed by atoms with Gasteiger partial charge in [-0.3, -0.25) is 4.79 Å². The summed E-state index contributed by atoms with van der Waals surface area (Å²) in [5.74, 6) is 1.33. The standard InChI is InChI=1S/C20H21FN4O3/c1-12-17(13(2)27-23-12)20(26)25-10-4-6-15(11-25)18-22-19(28-24-18)14-5-3-7-16(21)9-8-14/h3,5,7-9,15-16H,4,6,10-11H2,1-2H3/t15-,16?/m0/s1. The Labute approximate surface area is 161 Å². The lowest BCUT2D eigenvalue weighted by molar-refractivity contribution is 0.0701. The van der Waals surface area contributed by atoms with Crippen molar-refractivity contribution in [1.29, 1.82) is 0 Å². The number of carbonyl (C=O) groups is 1. The SMILES string of the molecule is Cc1noc(C)c1C(=O)N1CCC[C@H](c2noc(C3=CC=CC(F)C=C3)n2)C1. The van der Waals surface area contributed by atoms with Crippen molar-refractivity contribution in [1.82, 2.24) is 20.2 Å². The zero-order chi connectivity index (χ0) is 19.7. The zero-order valence-corrected chi connectivity index (χ0v) is 15.8. The molecule has 146 valence electrons. The van der Waals surface area contributed by atoms with E-state index >= 15 is 0 Å². The average Bonchev–Trinajstić information content (AvgIpc) is 3.24. The Morgan fingerprint density at radius 3 is 2.89 bits per heavy atom. The first-order valence-electron chi connectivity index (χ1n) is 9.30. The van der Waals surface area contributed by atoms with E-state index in [0.29, 0.717) is 47.4 Å². The molecule has 1 amide bonds. The van der Waals surface area contributed by atoms with Gasteiger partial charge in [0.1, 0.15) is 17.5 Å². The van der Waals surface area contributed by atoms with E-state index in [1.807, 2.05) is 0 Å². The minimum atomic E-state index is -1.13. The van der Waals surface area contributed by atoms with Gasteiger partial charge in [0.15, 0.2) is 5.82 Å². The Balaban J connectivity index is 1.51. The van der Waals surface area contributed by atoms with Crippen LogP contribution in [0.2, 0.25) is 0 Å². The van der Waals surface area contributed by atoms with Crippen molar-refractivity contribution in [3.63, 3.8) is 0 Å². The van der Waals surface area contributed by atoms with E-state index in [9.17, 15) is 9.18 Å². The maximum absolute atomic E-state index is 13.4. The van der Waals surface area contributed by atoms with Crippen molar-refractivity contribution < 1.29 is 18.2 Å². The Kier molecular flexibility index (Phi) is 4.93. The summed E-state index contributed by atoms with van der Waals surface area (Å²) in [5.41, 5.74) is 1.78. The van der Waals surface area contributed by atoms with Crippen LogP contribution in [0.1, 0.15) is 52.3 Å². The van der Waals surface area contributed by atoms with Gasteiger partial charge >= 0.3 is 0 Å². The maximum atomic E-state index is 13.4. The minimum Gasteiger partial charge on any atom is -0.361 e. The Morgan fingerprint density at radius 1 is 1.25 bits per heavy atom. The third-order valence-corrected chi connectivity index (χ3v) is 5.04. The summed E-state index contributed by atoms with van der Waals surface area (Å²) in [7, 11) is 0. The number of allylic oxidation sites excluding steroid dienone is 6. The molecule has 1 unspecified atom stereocenters. The van der Waals surface area contributed by atoms with Gasteiger partial charge in [-0.05, 0) is 44.9 Å². The molecule has 2 atom stereocenters. The number of amides is 1. The fraction of sp³-hybridized carbons (Fsp3) is 0.400. The number of halogens is 1. The predicted octanol–water partition coefficient (Wildman–Crippen LogP) is 3.54.